The molecule has 0 saturated heterocycles. The molecule has 0 fully saturated rings. The summed E-state index contributed by atoms with van der Waals surface area (Å²) in [4.78, 5) is 0. The molecule has 0 saturated carbocycles. The van der Waals surface area contributed by atoms with Gasteiger partial charge in [0, 0.05) is 0 Å². The van der Waals surface area contributed by atoms with Crippen LogP contribution >= 0.6 is 0 Å². The van der Waals surface area contributed by atoms with E-state index >= 15 is 0 Å². The maximum Gasteiger partial charge on any atom is -0.0308 e. The van der Waals surface area contributed by atoms with Crippen molar-refractivity contribution in [3.8, 4) is 0 Å². The molecule has 208 valence electrons. The quantitative estimate of drug-likeness (QED) is 0.218. The average Bonchev–Trinajstić information content (AvgIpc) is 3.37. The third-order valence-corrected chi connectivity index (χ3v) is 18.1. The van der Waals surface area contributed by atoms with Gasteiger partial charge in [0.05, 0.1) is 0 Å². The van der Waals surface area contributed by atoms with Crippen LogP contribution in [0.2, 0.25) is 11.1 Å². The second kappa shape index (κ2) is 16.6. The fourth-order valence-corrected chi connectivity index (χ4v) is 6.23. The molecular formula is C34H48Cl2SiZr-2. The summed E-state index contributed by atoms with van der Waals surface area (Å²) in [6, 6.07) is 18.2. The molecule has 0 amide bonds. The summed E-state index contributed by atoms with van der Waals surface area (Å²) in [6.07, 6.45) is 0. The van der Waals surface area contributed by atoms with E-state index in [0.29, 0.717) is 11.8 Å². The van der Waals surface area contributed by atoms with E-state index in [2.05, 4.69) is 132 Å². The first-order valence-electron chi connectivity index (χ1n) is 13.7. The molecular weight excluding hydrogens is 599 g/mol. The van der Waals surface area contributed by atoms with Crippen LogP contribution in [0.4, 0.5) is 0 Å². The van der Waals surface area contributed by atoms with Crippen LogP contribution in [0, 0.1) is 27.7 Å². The van der Waals surface area contributed by atoms with Crippen molar-refractivity contribution in [2.24, 2.45) is 0 Å². The van der Waals surface area contributed by atoms with Crippen LogP contribution in [0.3, 0.4) is 0 Å². The molecule has 4 aromatic rings. The van der Waals surface area contributed by atoms with Crippen molar-refractivity contribution in [3.05, 3.63) is 81.9 Å². The maximum atomic E-state index is 2.35. The van der Waals surface area contributed by atoms with Crippen molar-refractivity contribution < 1.29 is 48.1 Å². The number of hydrogen-bond donors (Lipinski definition) is 0. The van der Waals surface area contributed by atoms with E-state index in [1.165, 1.54) is 54.9 Å². The standard InChI is InChI=1S/2C14H17.C6H14Si.2ClH.Zr/c2*1-9(2)12-6-5-11(4)13-7-10(3)8-14(12)13;1-5(2)7-6(3)4;;;/h2*5-9H,1-4H3;5-6H,1-4H3;2*1H;/q2*-1;;;;+2/p-2. The monoisotopic (exact) mass is 644 g/mol. The number of benzene rings is 2. The van der Waals surface area contributed by atoms with E-state index in [1.807, 2.05) is 0 Å². The van der Waals surface area contributed by atoms with Gasteiger partial charge >= 0.3 is 67.5 Å². The fraction of sp³-hybridized carbons (Fsp3) is 0.471. The van der Waals surface area contributed by atoms with Gasteiger partial charge in [-0.3, -0.25) is 0 Å². The van der Waals surface area contributed by atoms with Crippen LogP contribution in [0.15, 0.2) is 48.5 Å². The number of fused-ring (bicyclic) bond motifs is 2. The number of rotatable bonds is 4. The molecule has 0 aliphatic rings. The SMILES string of the molecule is CC(C)[Si](=[Zr+2])C(C)C.Cc1cc2c(C(C)C)ccc(C)c2[cH-]1.Cc1cc2c(C(C)C)ccc(C)c2[cH-]1.[Cl-].[Cl-]. The first kappa shape index (κ1) is 37.3. The third-order valence-electron chi connectivity index (χ3n) is 7.05. The molecule has 0 atom stereocenters. The van der Waals surface area contributed by atoms with Crippen LogP contribution in [0.25, 0.3) is 21.5 Å². The summed E-state index contributed by atoms with van der Waals surface area (Å²) >= 11 is 1.80. The molecule has 0 nitrogen and oxygen atoms in total. The van der Waals surface area contributed by atoms with E-state index in [1.54, 1.807) is 23.3 Å². The summed E-state index contributed by atoms with van der Waals surface area (Å²) in [5, 5.41) is 5.73. The molecule has 0 heterocycles. The Morgan fingerprint density at radius 2 is 0.895 bits per heavy atom. The first-order chi connectivity index (χ1) is 16.7. The van der Waals surface area contributed by atoms with Gasteiger partial charge in [-0.05, 0) is 11.8 Å². The minimum Gasteiger partial charge on any atom is -1.00 e. The number of halogens is 2. The zero-order valence-corrected chi connectivity index (χ0v) is 30.7. The van der Waals surface area contributed by atoms with Gasteiger partial charge in [-0.15, -0.1) is 68.1 Å². The van der Waals surface area contributed by atoms with Crippen LogP contribution in [0.5, 0.6) is 0 Å². The molecule has 0 N–H and O–H groups in total. The van der Waals surface area contributed by atoms with Crippen LogP contribution < -0.4 is 24.8 Å². The van der Waals surface area contributed by atoms with Crippen LogP contribution in [-0.4, -0.2) is 5.43 Å². The summed E-state index contributed by atoms with van der Waals surface area (Å²) < 4.78 is 0. The molecule has 0 unspecified atom stereocenters. The van der Waals surface area contributed by atoms with E-state index in [9.17, 15) is 0 Å². The fourth-order valence-electron chi connectivity index (χ4n) is 4.90. The molecule has 38 heavy (non-hydrogen) atoms. The molecule has 0 spiro atoms. The molecule has 0 aliphatic carbocycles. The second-order valence-electron chi connectivity index (χ2n) is 11.7. The molecule has 4 heteroatoms. The Morgan fingerprint density at radius 1 is 0.579 bits per heavy atom. The van der Waals surface area contributed by atoms with Gasteiger partial charge < -0.3 is 24.8 Å². The molecule has 0 aromatic heterocycles. The Kier molecular flexibility index (Phi) is 16.3. The topological polar surface area (TPSA) is 0 Å². The summed E-state index contributed by atoms with van der Waals surface area (Å²) in [6.45, 7) is 27.1. The van der Waals surface area contributed by atoms with Crippen molar-refractivity contribution in [3.63, 3.8) is 0 Å². The molecule has 0 radical (unpaired) electrons. The van der Waals surface area contributed by atoms with Crippen molar-refractivity contribution in [1.82, 2.24) is 0 Å². The molecule has 4 rings (SSSR count). The Labute approximate surface area is 261 Å². The minimum absolute atomic E-state index is 0. The Balaban J connectivity index is 0.000000549. The Hall–Kier alpha value is -0.660. The van der Waals surface area contributed by atoms with Gasteiger partial charge in [-0.25, -0.2) is 0 Å². The number of hydrogen-bond acceptors (Lipinski definition) is 0. The van der Waals surface area contributed by atoms with Gasteiger partial charge in [-0.1, -0.05) is 78.6 Å². The van der Waals surface area contributed by atoms with Gasteiger partial charge in [0.25, 0.3) is 0 Å². The van der Waals surface area contributed by atoms with Crippen LogP contribution in [0.1, 0.15) is 101 Å². The molecule has 4 aromatic carbocycles. The minimum atomic E-state index is 0. The van der Waals surface area contributed by atoms with Gasteiger partial charge in [-0.2, -0.15) is 12.1 Å². The van der Waals surface area contributed by atoms with Crippen LogP contribution in [-0.2, 0) is 23.3 Å². The molecule has 0 aliphatic heterocycles. The predicted octanol–water partition coefficient (Wildman–Crippen LogP) is 4.95. The maximum absolute atomic E-state index is 2.35. The summed E-state index contributed by atoms with van der Waals surface area (Å²) in [5.74, 6) is 1.22. The summed E-state index contributed by atoms with van der Waals surface area (Å²) in [5.41, 5.74) is 10.5. The average molecular weight is 647 g/mol. The van der Waals surface area contributed by atoms with Crippen molar-refractivity contribution >= 4 is 27.0 Å². The first-order valence-corrected chi connectivity index (χ1v) is 19.0. The van der Waals surface area contributed by atoms with Crippen molar-refractivity contribution in [2.75, 3.05) is 0 Å². The molecule has 0 bridgehead atoms. The van der Waals surface area contributed by atoms with Crippen molar-refractivity contribution in [1.29, 1.82) is 0 Å². The zero-order valence-electron chi connectivity index (χ0n) is 25.7. The van der Waals surface area contributed by atoms with Gasteiger partial charge in [0.15, 0.2) is 0 Å². The van der Waals surface area contributed by atoms with E-state index in [4.69, 9.17) is 0 Å². The normalized spacial score (nSPS) is 10.8. The Bertz CT molecular complexity index is 1210. The predicted molar refractivity (Wildman–Crippen MR) is 162 cm³/mol. The Morgan fingerprint density at radius 3 is 1.13 bits per heavy atom. The van der Waals surface area contributed by atoms with Gasteiger partial charge in [0.2, 0.25) is 0 Å². The van der Waals surface area contributed by atoms with E-state index in [0.717, 1.165) is 11.1 Å². The van der Waals surface area contributed by atoms with Gasteiger partial charge in [0.1, 0.15) is 0 Å². The zero-order chi connectivity index (χ0) is 27.3. The smallest absolute Gasteiger partial charge is 0.0308 e. The van der Waals surface area contributed by atoms with E-state index < -0.39 is 0 Å². The summed E-state index contributed by atoms with van der Waals surface area (Å²) in [7, 11) is 0. The van der Waals surface area contributed by atoms with E-state index in [-0.39, 0.29) is 30.2 Å². The second-order valence-corrected chi connectivity index (χ2v) is 19.2. The van der Waals surface area contributed by atoms with Crippen molar-refractivity contribution in [2.45, 2.75) is 106 Å². The number of aryl methyl sites for hydroxylation is 4. The largest absolute Gasteiger partial charge is 1.00 e. The third kappa shape index (κ3) is 9.76.